The van der Waals surface area contributed by atoms with Crippen molar-refractivity contribution in [1.29, 1.82) is 0 Å². The first-order chi connectivity index (χ1) is 9.83. The Bertz CT molecular complexity index is 588. The second kappa shape index (κ2) is 6.06. The Kier molecular flexibility index (Phi) is 4.18. The number of aromatic nitrogens is 1. The van der Waals surface area contributed by atoms with Gasteiger partial charge in [-0.3, -0.25) is 0 Å². The summed E-state index contributed by atoms with van der Waals surface area (Å²) in [7, 11) is 0. The van der Waals surface area contributed by atoms with Gasteiger partial charge in [0.2, 0.25) is 0 Å². The van der Waals surface area contributed by atoms with Crippen molar-refractivity contribution in [2.24, 2.45) is 0 Å². The molecule has 0 saturated carbocycles. The van der Waals surface area contributed by atoms with Crippen molar-refractivity contribution >= 4 is 11.3 Å². The van der Waals surface area contributed by atoms with Crippen molar-refractivity contribution in [3.05, 3.63) is 40.4 Å². The Morgan fingerprint density at radius 2 is 2.15 bits per heavy atom. The van der Waals surface area contributed by atoms with Crippen molar-refractivity contribution in [2.45, 2.75) is 45.6 Å². The second-order valence-corrected chi connectivity index (χ2v) is 6.37. The van der Waals surface area contributed by atoms with Crippen LogP contribution in [0.15, 0.2) is 24.3 Å². The molecule has 1 atom stereocenters. The normalized spacial score (nSPS) is 18.0. The van der Waals surface area contributed by atoms with Crippen LogP contribution in [0.4, 0.5) is 0 Å². The molecule has 1 unspecified atom stereocenters. The molecule has 1 aliphatic carbocycles. The Hall–Kier alpha value is -1.19. The van der Waals surface area contributed by atoms with E-state index in [2.05, 4.69) is 43.4 Å². The molecule has 0 fully saturated rings. The third kappa shape index (κ3) is 2.52. The van der Waals surface area contributed by atoms with Gasteiger partial charge in [-0.25, -0.2) is 4.98 Å². The zero-order valence-corrected chi connectivity index (χ0v) is 13.1. The van der Waals surface area contributed by atoms with Gasteiger partial charge in [0.25, 0.3) is 0 Å². The third-order valence-corrected chi connectivity index (χ3v) is 5.27. The maximum Gasteiger partial charge on any atom is 0.124 e. The van der Waals surface area contributed by atoms with Gasteiger partial charge in [-0.15, -0.1) is 11.3 Å². The summed E-state index contributed by atoms with van der Waals surface area (Å²) in [6.45, 7) is 5.43. The highest BCUT2D eigenvalue weighted by molar-refractivity contribution is 7.15. The Morgan fingerprint density at radius 3 is 2.95 bits per heavy atom. The predicted octanol–water partition coefficient (Wildman–Crippen LogP) is 4.36. The number of nitrogens with zero attached hydrogens (tertiary/aromatic N) is 1. The largest absolute Gasteiger partial charge is 0.309 e. The highest BCUT2D eigenvalue weighted by atomic mass is 32.1. The van der Waals surface area contributed by atoms with Crippen LogP contribution in [-0.4, -0.2) is 11.5 Å². The molecule has 1 heterocycles. The number of hydrogen-bond acceptors (Lipinski definition) is 3. The first-order valence-corrected chi connectivity index (χ1v) is 8.46. The number of thiazole rings is 1. The smallest absolute Gasteiger partial charge is 0.124 e. The van der Waals surface area contributed by atoms with E-state index in [4.69, 9.17) is 4.98 Å². The fraction of sp³-hybridized carbons (Fsp3) is 0.471. The molecule has 0 radical (unpaired) electrons. The first-order valence-electron chi connectivity index (χ1n) is 7.64. The van der Waals surface area contributed by atoms with E-state index < -0.39 is 0 Å². The standard InChI is InChI=1S/C17H22N2S/c1-3-12-8-5-6-9-13(12)17-19-15-11-7-10-14(18-4-2)16(15)20-17/h5-6,8-9,14,18H,3-4,7,10-11H2,1-2H3. The molecule has 0 aliphatic heterocycles. The van der Waals surface area contributed by atoms with Crippen LogP contribution in [0.2, 0.25) is 0 Å². The minimum atomic E-state index is 0.517. The fourth-order valence-corrected chi connectivity index (χ4v) is 4.30. The van der Waals surface area contributed by atoms with Gasteiger partial charge in [0.05, 0.1) is 5.69 Å². The summed E-state index contributed by atoms with van der Waals surface area (Å²) in [5, 5.41) is 4.81. The van der Waals surface area contributed by atoms with Gasteiger partial charge >= 0.3 is 0 Å². The number of fused-ring (bicyclic) bond motifs is 1. The summed E-state index contributed by atoms with van der Waals surface area (Å²) in [6.07, 6.45) is 4.71. The minimum absolute atomic E-state index is 0.517. The van der Waals surface area contributed by atoms with E-state index in [-0.39, 0.29) is 0 Å². The zero-order valence-electron chi connectivity index (χ0n) is 12.3. The topological polar surface area (TPSA) is 24.9 Å². The van der Waals surface area contributed by atoms with E-state index in [1.165, 1.54) is 39.5 Å². The lowest BCUT2D eigenvalue weighted by Gasteiger charge is -2.21. The van der Waals surface area contributed by atoms with Gasteiger partial charge < -0.3 is 5.32 Å². The van der Waals surface area contributed by atoms with Crippen LogP contribution in [0.1, 0.15) is 48.9 Å². The molecule has 3 heteroatoms. The molecule has 1 aliphatic rings. The van der Waals surface area contributed by atoms with E-state index in [1.807, 2.05) is 11.3 Å². The average molecular weight is 286 g/mol. The molecule has 3 rings (SSSR count). The highest BCUT2D eigenvalue weighted by Gasteiger charge is 2.24. The van der Waals surface area contributed by atoms with Gasteiger partial charge in [0.15, 0.2) is 0 Å². The molecular formula is C17H22N2S. The molecule has 1 aromatic carbocycles. The van der Waals surface area contributed by atoms with Crippen molar-refractivity contribution in [1.82, 2.24) is 10.3 Å². The summed E-state index contributed by atoms with van der Waals surface area (Å²) in [4.78, 5) is 6.41. The van der Waals surface area contributed by atoms with Gasteiger partial charge in [0.1, 0.15) is 5.01 Å². The molecule has 106 valence electrons. The van der Waals surface area contributed by atoms with Crippen LogP contribution >= 0.6 is 11.3 Å². The summed E-state index contributed by atoms with van der Waals surface area (Å²) < 4.78 is 0. The Labute approximate surface area is 125 Å². The van der Waals surface area contributed by atoms with E-state index >= 15 is 0 Å². The number of rotatable bonds is 4. The first kappa shape index (κ1) is 13.8. The average Bonchev–Trinajstić information content (AvgIpc) is 2.92. The molecule has 1 N–H and O–H groups in total. The van der Waals surface area contributed by atoms with Crippen molar-refractivity contribution in [3.8, 4) is 10.6 Å². The zero-order chi connectivity index (χ0) is 13.9. The van der Waals surface area contributed by atoms with Crippen LogP contribution < -0.4 is 5.32 Å². The monoisotopic (exact) mass is 286 g/mol. The lowest BCUT2D eigenvalue weighted by molar-refractivity contribution is 0.476. The van der Waals surface area contributed by atoms with E-state index in [0.29, 0.717) is 6.04 Å². The predicted molar refractivity (Wildman–Crippen MR) is 86.3 cm³/mol. The quantitative estimate of drug-likeness (QED) is 0.903. The number of benzene rings is 1. The maximum absolute atomic E-state index is 4.94. The summed E-state index contributed by atoms with van der Waals surface area (Å²) in [5.74, 6) is 0. The molecule has 0 amide bonds. The van der Waals surface area contributed by atoms with E-state index in [0.717, 1.165) is 19.4 Å². The summed E-state index contributed by atoms with van der Waals surface area (Å²) >= 11 is 1.89. The summed E-state index contributed by atoms with van der Waals surface area (Å²) in [5.41, 5.74) is 4.05. The van der Waals surface area contributed by atoms with Crippen molar-refractivity contribution < 1.29 is 0 Å². The van der Waals surface area contributed by atoms with Crippen molar-refractivity contribution in [3.63, 3.8) is 0 Å². The van der Waals surface area contributed by atoms with Gasteiger partial charge in [0, 0.05) is 16.5 Å². The minimum Gasteiger partial charge on any atom is -0.309 e. The van der Waals surface area contributed by atoms with Crippen LogP contribution in [0, 0.1) is 0 Å². The van der Waals surface area contributed by atoms with Crippen LogP contribution in [0.25, 0.3) is 10.6 Å². The van der Waals surface area contributed by atoms with Gasteiger partial charge in [-0.05, 0) is 37.8 Å². The molecule has 1 aromatic heterocycles. The summed E-state index contributed by atoms with van der Waals surface area (Å²) in [6, 6.07) is 9.19. The van der Waals surface area contributed by atoms with E-state index in [9.17, 15) is 0 Å². The molecular weight excluding hydrogens is 264 g/mol. The van der Waals surface area contributed by atoms with Gasteiger partial charge in [-0.2, -0.15) is 0 Å². The Morgan fingerprint density at radius 1 is 1.30 bits per heavy atom. The number of hydrogen-bond donors (Lipinski definition) is 1. The lowest BCUT2D eigenvalue weighted by atomic mass is 9.98. The van der Waals surface area contributed by atoms with Crippen molar-refractivity contribution in [2.75, 3.05) is 6.54 Å². The molecule has 0 bridgehead atoms. The van der Waals surface area contributed by atoms with Crippen LogP contribution in [-0.2, 0) is 12.8 Å². The molecule has 0 spiro atoms. The van der Waals surface area contributed by atoms with Gasteiger partial charge in [-0.1, -0.05) is 38.1 Å². The molecule has 20 heavy (non-hydrogen) atoms. The molecule has 0 saturated heterocycles. The fourth-order valence-electron chi connectivity index (χ4n) is 3.01. The molecule has 2 nitrogen and oxygen atoms in total. The highest BCUT2D eigenvalue weighted by Crippen LogP contribution is 2.38. The van der Waals surface area contributed by atoms with Crippen LogP contribution in [0.5, 0.6) is 0 Å². The number of aryl methyl sites for hydroxylation is 2. The maximum atomic E-state index is 4.94. The third-order valence-electron chi connectivity index (χ3n) is 4.03. The lowest BCUT2D eigenvalue weighted by Crippen LogP contribution is -2.23. The SMILES string of the molecule is CCNC1CCCc2nc(-c3ccccc3CC)sc21. The van der Waals surface area contributed by atoms with E-state index in [1.54, 1.807) is 0 Å². The second-order valence-electron chi connectivity index (χ2n) is 5.34. The molecule has 2 aromatic rings. The van der Waals surface area contributed by atoms with Crippen LogP contribution in [0.3, 0.4) is 0 Å². The Balaban J connectivity index is 2.00. The number of nitrogens with one attached hydrogen (secondary N) is 1.